The van der Waals surface area contributed by atoms with E-state index in [0.717, 1.165) is 45.0 Å². The Morgan fingerprint density at radius 3 is 2.48 bits per heavy atom. The van der Waals surface area contributed by atoms with Crippen molar-refractivity contribution in [2.24, 2.45) is 0 Å². The molecule has 1 aliphatic rings. The van der Waals surface area contributed by atoms with E-state index in [9.17, 15) is 0 Å². The number of ether oxygens (including phenoxy) is 3. The van der Waals surface area contributed by atoms with Gasteiger partial charge in [0.05, 0.1) is 0 Å². The number of rotatable bonds is 7. The highest BCUT2D eigenvalue weighted by Crippen LogP contribution is 2.32. The Hall–Kier alpha value is -2.21. The van der Waals surface area contributed by atoms with Gasteiger partial charge in [-0.1, -0.05) is 51.8 Å². The van der Waals surface area contributed by atoms with Crippen LogP contribution in [0.2, 0.25) is 0 Å². The minimum atomic E-state index is 0. The molecular weight excluding hydrogens is 454 g/mol. The van der Waals surface area contributed by atoms with Crippen molar-refractivity contribution in [3.05, 3.63) is 87.4 Å². The quantitative estimate of drug-likeness (QED) is 0.469. The molecule has 0 bridgehead atoms. The van der Waals surface area contributed by atoms with Gasteiger partial charge in [-0.2, -0.15) is 0 Å². The molecule has 152 valence electrons. The lowest BCUT2D eigenvalue weighted by Gasteiger charge is -2.13. The van der Waals surface area contributed by atoms with Gasteiger partial charge in [0.15, 0.2) is 11.5 Å². The molecule has 0 spiro atoms. The fourth-order valence-corrected chi connectivity index (χ4v) is 3.47. The molecule has 0 radical (unpaired) electrons. The highest BCUT2D eigenvalue weighted by molar-refractivity contribution is 9.10. The van der Waals surface area contributed by atoms with Crippen molar-refractivity contribution >= 4 is 28.3 Å². The second-order valence-electron chi connectivity index (χ2n) is 6.82. The van der Waals surface area contributed by atoms with Crippen molar-refractivity contribution < 1.29 is 14.2 Å². The molecule has 0 saturated heterocycles. The van der Waals surface area contributed by atoms with Crippen LogP contribution in [-0.2, 0) is 19.7 Å². The van der Waals surface area contributed by atoms with Crippen LogP contribution in [-0.4, -0.2) is 6.79 Å². The Bertz CT molecular complexity index is 963. The molecule has 0 amide bonds. The van der Waals surface area contributed by atoms with Gasteiger partial charge in [0, 0.05) is 23.1 Å². The zero-order valence-corrected chi connectivity index (χ0v) is 18.5. The van der Waals surface area contributed by atoms with Gasteiger partial charge in [0.1, 0.15) is 12.4 Å². The first-order valence-electron chi connectivity index (χ1n) is 9.23. The van der Waals surface area contributed by atoms with E-state index in [1.165, 1.54) is 5.56 Å². The zero-order chi connectivity index (χ0) is 19.3. The predicted octanol–water partition coefficient (Wildman–Crippen LogP) is 5.78. The van der Waals surface area contributed by atoms with Crippen LogP contribution in [0.15, 0.2) is 65.1 Å². The summed E-state index contributed by atoms with van der Waals surface area (Å²) in [6, 6.07) is 20.5. The summed E-state index contributed by atoms with van der Waals surface area (Å²) in [5.41, 5.74) is 4.68. The Kier molecular flexibility index (Phi) is 7.42. The Balaban J connectivity index is 0.00000240. The van der Waals surface area contributed by atoms with E-state index in [1.807, 2.05) is 24.3 Å². The number of fused-ring (bicyclic) bond motifs is 1. The van der Waals surface area contributed by atoms with Gasteiger partial charge >= 0.3 is 0 Å². The monoisotopic (exact) mass is 475 g/mol. The van der Waals surface area contributed by atoms with E-state index in [0.29, 0.717) is 19.9 Å². The maximum Gasteiger partial charge on any atom is 0.231 e. The van der Waals surface area contributed by atoms with Crippen LogP contribution in [0.5, 0.6) is 17.2 Å². The molecule has 0 aliphatic carbocycles. The van der Waals surface area contributed by atoms with Crippen molar-refractivity contribution in [3.8, 4) is 17.2 Å². The lowest BCUT2D eigenvalue weighted by Crippen LogP contribution is -2.13. The summed E-state index contributed by atoms with van der Waals surface area (Å²) in [7, 11) is 0. The van der Waals surface area contributed by atoms with E-state index in [-0.39, 0.29) is 12.4 Å². The van der Waals surface area contributed by atoms with Gasteiger partial charge in [-0.3, -0.25) is 0 Å². The molecule has 0 aromatic heterocycles. The van der Waals surface area contributed by atoms with Gasteiger partial charge in [-0.25, -0.2) is 0 Å². The standard InChI is InChI=1S/C23H22BrNO3.ClH/c1-16-2-4-17(5-3-16)14-26-21-9-7-20(24)11-19(21)13-25-12-18-6-8-22-23(10-18)28-15-27-22;/h2-11,25H,12-15H2,1H3;1H. The third-order valence-electron chi connectivity index (χ3n) is 4.62. The van der Waals surface area contributed by atoms with Crippen LogP contribution in [0.4, 0.5) is 0 Å². The van der Waals surface area contributed by atoms with Gasteiger partial charge in [-0.05, 0) is 48.4 Å². The number of hydrogen-bond acceptors (Lipinski definition) is 4. The molecule has 1 heterocycles. The Morgan fingerprint density at radius 1 is 0.897 bits per heavy atom. The first-order chi connectivity index (χ1) is 13.7. The molecule has 0 atom stereocenters. The maximum atomic E-state index is 6.08. The number of benzene rings is 3. The molecule has 3 aromatic carbocycles. The molecule has 1 aliphatic heterocycles. The van der Waals surface area contributed by atoms with Crippen LogP contribution in [0.25, 0.3) is 0 Å². The molecule has 4 rings (SSSR count). The van der Waals surface area contributed by atoms with Crippen molar-refractivity contribution in [3.63, 3.8) is 0 Å². The Morgan fingerprint density at radius 2 is 1.66 bits per heavy atom. The summed E-state index contributed by atoms with van der Waals surface area (Å²) in [5.74, 6) is 2.51. The molecule has 0 unspecified atom stereocenters. The normalized spacial score (nSPS) is 11.8. The Labute approximate surface area is 185 Å². The fraction of sp³-hybridized carbons (Fsp3) is 0.217. The van der Waals surface area contributed by atoms with Crippen molar-refractivity contribution in [2.45, 2.75) is 26.6 Å². The fourth-order valence-electron chi connectivity index (χ4n) is 3.06. The molecule has 0 fully saturated rings. The lowest BCUT2D eigenvalue weighted by atomic mass is 10.1. The molecule has 4 nitrogen and oxygen atoms in total. The molecular formula is C23H23BrClNO3. The second-order valence-corrected chi connectivity index (χ2v) is 7.73. The summed E-state index contributed by atoms with van der Waals surface area (Å²) < 4.78 is 17.9. The molecule has 6 heteroatoms. The largest absolute Gasteiger partial charge is 0.489 e. The minimum Gasteiger partial charge on any atom is -0.489 e. The number of halogens is 2. The van der Waals surface area contributed by atoms with Gasteiger partial charge in [-0.15, -0.1) is 12.4 Å². The second kappa shape index (κ2) is 10.0. The van der Waals surface area contributed by atoms with Crippen LogP contribution in [0.3, 0.4) is 0 Å². The minimum absolute atomic E-state index is 0. The molecule has 29 heavy (non-hydrogen) atoms. The van der Waals surface area contributed by atoms with Gasteiger partial charge in [0.2, 0.25) is 6.79 Å². The topological polar surface area (TPSA) is 39.7 Å². The highest BCUT2D eigenvalue weighted by Gasteiger charge is 2.13. The average Bonchev–Trinajstić information content (AvgIpc) is 3.16. The van der Waals surface area contributed by atoms with E-state index in [4.69, 9.17) is 14.2 Å². The first kappa shape index (κ1) is 21.5. The van der Waals surface area contributed by atoms with Gasteiger partial charge in [0.25, 0.3) is 0 Å². The van der Waals surface area contributed by atoms with Crippen LogP contribution < -0.4 is 19.5 Å². The number of nitrogens with one attached hydrogen (secondary N) is 1. The third-order valence-corrected chi connectivity index (χ3v) is 5.11. The van der Waals surface area contributed by atoms with E-state index >= 15 is 0 Å². The van der Waals surface area contributed by atoms with Crippen LogP contribution in [0.1, 0.15) is 22.3 Å². The smallest absolute Gasteiger partial charge is 0.231 e. The van der Waals surface area contributed by atoms with Crippen LogP contribution >= 0.6 is 28.3 Å². The summed E-state index contributed by atoms with van der Waals surface area (Å²) in [4.78, 5) is 0. The van der Waals surface area contributed by atoms with E-state index < -0.39 is 0 Å². The number of hydrogen-bond donors (Lipinski definition) is 1. The lowest BCUT2D eigenvalue weighted by molar-refractivity contribution is 0.174. The van der Waals surface area contributed by atoms with Gasteiger partial charge < -0.3 is 19.5 Å². The van der Waals surface area contributed by atoms with Crippen molar-refractivity contribution in [2.75, 3.05) is 6.79 Å². The van der Waals surface area contributed by atoms with E-state index in [2.05, 4.69) is 64.6 Å². The summed E-state index contributed by atoms with van der Waals surface area (Å²) >= 11 is 3.56. The first-order valence-corrected chi connectivity index (χ1v) is 10.0. The van der Waals surface area contributed by atoms with Crippen LogP contribution in [0, 0.1) is 6.92 Å². The molecule has 0 saturated carbocycles. The van der Waals surface area contributed by atoms with Crippen molar-refractivity contribution in [1.82, 2.24) is 5.32 Å². The molecule has 1 N–H and O–H groups in total. The van der Waals surface area contributed by atoms with Crippen molar-refractivity contribution in [1.29, 1.82) is 0 Å². The SMILES string of the molecule is Cc1ccc(COc2ccc(Br)cc2CNCc2ccc3c(c2)OCO3)cc1.Cl. The summed E-state index contributed by atoms with van der Waals surface area (Å²) in [6.45, 7) is 4.38. The summed E-state index contributed by atoms with van der Waals surface area (Å²) in [5, 5.41) is 3.49. The zero-order valence-electron chi connectivity index (χ0n) is 16.1. The third kappa shape index (κ3) is 5.66. The summed E-state index contributed by atoms with van der Waals surface area (Å²) in [6.07, 6.45) is 0. The number of aryl methyl sites for hydroxylation is 1. The average molecular weight is 477 g/mol. The maximum absolute atomic E-state index is 6.08. The predicted molar refractivity (Wildman–Crippen MR) is 120 cm³/mol. The highest BCUT2D eigenvalue weighted by atomic mass is 79.9. The van der Waals surface area contributed by atoms with E-state index in [1.54, 1.807) is 0 Å². The molecule has 3 aromatic rings.